The Morgan fingerprint density at radius 2 is 0.625 bits per heavy atom. The van der Waals surface area contributed by atoms with Crippen LogP contribution in [0.3, 0.4) is 0 Å². The van der Waals surface area contributed by atoms with Crippen LogP contribution in [0.2, 0.25) is 26.2 Å². The monoisotopic (exact) mass is 304 g/mol. The minimum absolute atomic E-state index is 1.23. The zero-order valence-electron chi connectivity index (χ0n) is 9.42. The molecule has 0 saturated carbocycles. The molecule has 0 aromatic carbocycles. The highest BCUT2D eigenvalue weighted by Gasteiger charge is 2.58. The Morgan fingerprint density at radius 3 is 0.750 bits per heavy atom. The molecule has 16 heavy (non-hydrogen) atoms. The van der Waals surface area contributed by atoms with Crippen molar-refractivity contribution >= 4 is 35.2 Å². The van der Waals surface area contributed by atoms with E-state index >= 15 is 0 Å². The Kier molecular flexibility index (Phi) is 3.69. The van der Waals surface area contributed by atoms with E-state index in [-0.39, 0.29) is 0 Å². The molecule has 1 heterocycles. The fourth-order valence-corrected chi connectivity index (χ4v) is 14.9. The predicted molar refractivity (Wildman–Crippen MR) is 59.7 cm³/mol. The molecule has 12 heteroatoms. The lowest BCUT2D eigenvalue weighted by Gasteiger charge is -2.40. The van der Waals surface area contributed by atoms with Gasteiger partial charge in [0.25, 0.3) is 0 Å². The van der Waals surface area contributed by atoms with E-state index in [2.05, 4.69) is 0 Å². The molecule has 1 aliphatic heterocycles. The zero-order valence-corrected chi connectivity index (χ0v) is 13.4. The molecule has 4 N–H and O–H groups in total. The third-order valence-corrected chi connectivity index (χ3v) is 13.6. The first kappa shape index (κ1) is 14.6. The molecule has 1 aliphatic rings. The van der Waals surface area contributed by atoms with Gasteiger partial charge in [-0.05, 0) is 0 Å². The highest BCUT2D eigenvalue weighted by atomic mass is 28.5. The molecular weight excluding hydrogens is 288 g/mol. The molecule has 1 fully saturated rings. The summed E-state index contributed by atoms with van der Waals surface area (Å²) >= 11 is 0. The Morgan fingerprint density at radius 1 is 0.500 bits per heavy atom. The summed E-state index contributed by atoms with van der Waals surface area (Å²) in [5.74, 6) is 0. The first-order chi connectivity index (χ1) is 6.83. The van der Waals surface area contributed by atoms with Gasteiger partial charge in [0.1, 0.15) is 0 Å². The average molecular weight is 305 g/mol. The second kappa shape index (κ2) is 4.04. The summed E-state index contributed by atoms with van der Waals surface area (Å²) < 4.78 is 19.8. The Hall–Kier alpha value is 0.548. The minimum Gasteiger partial charge on any atom is -0.391 e. The summed E-state index contributed by atoms with van der Waals surface area (Å²) in [6.07, 6.45) is 0. The summed E-state index contributed by atoms with van der Waals surface area (Å²) in [5, 5.41) is 0. The van der Waals surface area contributed by atoms with Crippen molar-refractivity contribution in [1.29, 1.82) is 0 Å². The molecule has 0 spiro atoms. The van der Waals surface area contributed by atoms with Crippen LogP contribution in [0.4, 0.5) is 0 Å². The molecule has 8 nitrogen and oxygen atoms in total. The standard InChI is InChI=1S/C4H16O8Si4/c1-13(5)9-14(2,6)11-16(4,8)12-15(3,7)10-13/h5-8H,1-4H3/t13-,14+,15?,16?. The Labute approximate surface area is 97.5 Å². The molecule has 0 radical (unpaired) electrons. The summed E-state index contributed by atoms with van der Waals surface area (Å²) in [5.41, 5.74) is 0. The normalized spacial score (nSPS) is 55.5. The van der Waals surface area contributed by atoms with Crippen molar-refractivity contribution in [3.8, 4) is 0 Å². The second-order valence-corrected chi connectivity index (χ2v) is 14.4. The van der Waals surface area contributed by atoms with Gasteiger partial charge in [0.15, 0.2) is 0 Å². The van der Waals surface area contributed by atoms with Crippen LogP contribution in [0.1, 0.15) is 0 Å². The summed E-state index contributed by atoms with van der Waals surface area (Å²) in [4.78, 5) is 39.0. The summed E-state index contributed by atoms with van der Waals surface area (Å²) in [6.45, 7) is 4.91. The van der Waals surface area contributed by atoms with Gasteiger partial charge in [-0.25, -0.2) is 0 Å². The Balaban J connectivity index is 2.98. The van der Waals surface area contributed by atoms with Gasteiger partial charge in [-0.1, -0.05) is 0 Å². The minimum atomic E-state index is -3.72. The van der Waals surface area contributed by atoms with Crippen LogP contribution < -0.4 is 0 Å². The number of hydrogen-bond acceptors (Lipinski definition) is 8. The molecule has 1 rings (SSSR count). The molecule has 96 valence electrons. The predicted octanol–water partition coefficient (Wildman–Crippen LogP) is -1.69. The molecule has 0 aliphatic carbocycles. The fraction of sp³-hybridized carbons (Fsp3) is 1.00. The highest BCUT2D eigenvalue weighted by molar-refractivity contribution is 6.86. The number of hydrogen-bond donors (Lipinski definition) is 4. The molecule has 0 bridgehead atoms. The van der Waals surface area contributed by atoms with Gasteiger partial charge in [0.2, 0.25) is 0 Å². The van der Waals surface area contributed by atoms with E-state index in [0.29, 0.717) is 0 Å². The second-order valence-electron chi connectivity index (χ2n) is 4.00. The molecule has 0 aromatic rings. The van der Waals surface area contributed by atoms with Crippen LogP contribution >= 0.6 is 0 Å². The molecular formula is C4H16O8Si4. The molecule has 0 aromatic heterocycles. The van der Waals surface area contributed by atoms with Crippen LogP contribution in [0.5, 0.6) is 0 Å². The van der Waals surface area contributed by atoms with E-state index in [1.54, 1.807) is 0 Å². The van der Waals surface area contributed by atoms with Crippen molar-refractivity contribution in [3.05, 3.63) is 0 Å². The van der Waals surface area contributed by atoms with Crippen LogP contribution in [0.25, 0.3) is 0 Å². The third kappa shape index (κ3) is 4.43. The van der Waals surface area contributed by atoms with Crippen molar-refractivity contribution in [2.45, 2.75) is 26.2 Å². The fourth-order valence-electron chi connectivity index (χ4n) is 1.49. The van der Waals surface area contributed by atoms with Crippen molar-refractivity contribution in [2.24, 2.45) is 0 Å². The van der Waals surface area contributed by atoms with Crippen molar-refractivity contribution in [1.82, 2.24) is 0 Å². The maximum absolute atomic E-state index is 9.74. The van der Waals surface area contributed by atoms with Gasteiger partial charge in [0.05, 0.1) is 0 Å². The van der Waals surface area contributed by atoms with Gasteiger partial charge in [-0.15, -0.1) is 0 Å². The third-order valence-electron chi connectivity index (χ3n) is 1.51. The van der Waals surface area contributed by atoms with Crippen LogP contribution in [-0.4, -0.2) is 54.4 Å². The molecule has 0 unspecified atom stereocenters. The maximum atomic E-state index is 9.74. The van der Waals surface area contributed by atoms with E-state index in [4.69, 9.17) is 16.5 Å². The number of rotatable bonds is 0. The lowest BCUT2D eigenvalue weighted by molar-refractivity contribution is 0.0801. The topological polar surface area (TPSA) is 118 Å². The van der Waals surface area contributed by atoms with E-state index in [1.165, 1.54) is 26.2 Å². The maximum Gasteiger partial charge on any atom is 0.480 e. The quantitative estimate of drug-likeness (QED) is 0.392. The first-order valence-electron chi connectivity index (χ1n) is 4.53. The zero-order chi connectivity index (χ0) is 12.8. The van der Waals surface area contributed by atoms with Crippen LogP contribution in [0.15, 0.2) is 0 Å². The molecule has 0 amide bonds. The summed E-state index contributed by atoms with van der Waals surface area (Å²) in [7, 11) is -14.9. The molecule has 0 atom stereocenters. The van der Waals surface area contributed by atoms with Crippen LogP contribution in [0, 0.1) is 0 Å². The lowest BCUT2D eigenvalue weighted by atomic mass is 11.9. The smallest absolute Gasteiger partial charge is 0.391 e. The van der Waals surface area contributed by atoms with Gasteiger partial charge in [-0.3, -0.25) is 0 Å². The van der Waals surface area contributed by atoms with E-state index in [9.17, 15) is 19.2 Å². The van der Waals surface area contributed by atoms with Crippen molar-refractivity contribution in [2.75, 3.05) is 0 Å². The van der Waals surface area contributed by atoms with Gasteiger partial charge in [-0.2, -0.15) is 0 Å². The summed E-state index contributed by atoms with van der Waals surface area (Å²) in [6, 6.07) is 0. The SMILES string of the molecule is C[Si]1(O)O[Si](C)(O)O[Si@](C)(O)O[Si@](C)(O)O1. The first-order valence-corrected chi connectivity index (χ1v) is 13.6. The molecule has 1 saturated heterocycles. The van der Waals surface area contributed by atoms with E-state index < -0.39 is 35.2 Å². The average Bonchev–Trinajstić information content (AvgIpc) is 1.67. The van der Waals surface area contributed by atoms with Gasteiger partial charge in [0, 0.05) is 26.2 Å². The largest absolute Gasteiger partial charge is 0.480 e. The van der Waals surface area contributed by atoms with Gasteiger partial charge < -0.3 is 35.6 Å². The van der Waals surface area contributed by atoms with Crippen LogP contribution in [-0.2, 0) is 16.5 Å². The van der Waals surface area contributed by atoms with E-state index in [0.717, 1.165) is 0 Å². The highest BCUT2D eigenvalue weighted by Crippen LogP contribution is 2.25. The van der Waals surface area contributed by atoms with Crippen molar-refractivity contribution in [3.63, 3.8) is 0 Å². The Bertz CT molecular complexity index is 205. The van der Waals surface area contributed by atoms with Crippen molar-refractivity contribution < 1.29 is 35.6 Å². The lowest BCUT2D eigenvalue weighted by Crippen LogP contribution is -2.68. The van der Waals surface area contributed by atoms with Gasteiger partial charge >= 0.3 is 35.2 Å². The van der Waals surface area contributed by atoms with E-state index in [1.807, 2.05) is 0 Å².